The lowest BCUT2D eigenvalue weighted by atomic mass is 10.1. The smallest absolute Gasteiger partial charge is 0.0720 e. The van der Waals surface area contributed by atoms with Crippen LogP contribution in [0.1, 0.15) is 36.0 Å². The van der Waals surface area contributed by atoms with E-state index in [1.807, 2.05) is 66.7 Å². The second-order valence-electron chi connectivity index (χ2n) is 7.96. The van der Waals surface area contributed by atoms with E-state index in [0.717, 1.165) is 23.1 Å². The van der Waals surface area contributed by atoms with Gasteiger partial charge in [0.25, 0.3) is 0 Å². The molecule has 0 heterocycles. The molecular formula is C28H34O4. The van der Waals surface area contributed by atoms with Crippen molar-refractivity contribution in [1.82, 2.24) is 0 Å². The lowest BCUT2D eigenvalue weighted by molar-refractivity contribution is -0.0249. The van der Waals surface area contributed by atoms with Gasteiger partial charge in [0.05, 0.1) is 32.0 Å². The third-order valence-electron chi connectivity index (χ3n) is 5.27. The maximum absolute atomic E-state index is 10.5. The molecule has 1 N–H and O–H groups in total. The van der Waals surface area contributed by atoms with Gasteiger partial charge in [-0.1, -0.05) is 91.0 Å². The van der Waals surface area contributed by atoms with Gasteiger partial charge in [0.15, 0.2) is 0 Å². The van der Waals surface area contributed by atoms with Crippen molar-refractivity contribution >= 4 is 0 Å². The van der Waals surface area contributed by atoms with Crippen LogP contribution >= 0.6 is 0 Å². The minimum absolute atomic E-state index is 0.0740. The first kappa shape index (κ1) is 24.1. The normalized spacial score (nSPS) is 13.0. The number of rotatable bonds is 15. The predicted octanol–water partition coefficient (Wildman–Crippen LogP) is 5.54. The highest BCUT2D eigenvalue weighted by atomic mass is 16.5. The Hall–Kier alpha value is -2.50. The standard InChI is InChI=1S/C28H34O4/c29-27(16-18-30-21-24-10-4-1-5-11-24)20-28(32-23-26-14-8-3-9-15-26)17-19-31-22-25-12-6-2-7-13-25/h1-15,27-29H,16-23H2/t27-,28+/m1/s1. The van der Waals surface area contributed by atoms with Gasteiger partial charge in [0, 0.05) is 13.2 Å². The average Bonchev–Trinajstić information content (AvgIpc) is 2.85. The molecule has 0 radical (unpaired) electrons. The molecule has 3 aromatic rings. The average molecular weight is 435 g/mol. The summed E-state index contributed by atoms with van der Waals surface area (Å²) in [5, 5.41) is 10.5. The molecule has 0 unspecified atom stereocenters. The highest BCUT2D eigenvalue weighted by Crippen LogP contribution is 2.14. The molecule has 0 amide bonds. The zero-order chi connectivity index (χ0) is 22.3. The number of aliphatic hydroxyl groups excluding tert-OH is 1. The van der Waals surface area contributed by atoms with Gasteiger partial charge in [-0.2, -0.15) is 0 Å². The van der Waals surface area contributed by atoms with E-state index >= 15 is 0 Å². The number of ether oxygens (including phenoxy) is 3. The van der Waals surface area contributed by atoms with Gasteiger partial charge in [0.1, 0.15) is 0 Å². The lowest BCUT2D eigenvalue weighted by Crippen LogP contribution is -2.23. The molecule has 0 bridgehead atoms. The molecule has 0 fully saturated rings. The molecule has 0 saturated carbocycles. The summed E-state index contributed by atoms with van der Waals surface area (Å²) in [5.74, 6) is 0. The highest BCUT2D eigenvalue weighted by molar-refractivity contribution is 5.14. The SMILES string of the molecule is O[C@H](CCOCc1ccccc1)C[C@H](CCOCc1ccccc1)OCc1ccccc1. The molecule has 0 saturated heterocycles. The fourth-order valence-electron chi connectivity index (χ4n) is 3.44. The largest absolute Gasteiger partial charge is 0.393 e. The molecule has 2 atom stereocenters. The molecule has 0 spiro atoms. The van der Waals surface area contributed by atoms with Gasteiger partial charge in [-0.25, -0.2) is 0 Å². The van der Waals surface area contributed by atoms with Crippen molar-refractivity contribution in [2.75, 3.05) is 13.2 Å². The number of benzene rings is 3. The van der Waals surface area contributed by atoms with E-state index in [4.69, 9.17) is 14.2 Å². The van der Waals surface area contributed by atoms with Gasteiger partial charge in [0.2, 0.25) is 0 Å². The van der Waals surface area contributed by atoms with Crippen LogP contribution in [0.3, 0.4) is 0 Å². The fourth-order valence-corrected chi connectivity index (χ4v) is 3.44. The van der Waals surface area contributed by atoms with Crippen LogP contribution in [0.4, 0.5) is 0 Å². The summed E-state index contributed by atoms with van der Waals surface area (Å²) in [6.45, 7) is 2.79. The molecule has 170 valence electrons. The Bertz CT molecular complexity index is 839. The number of hydrogen-bond donors (Lipinski definition) is 1. The topological polar surface area (TPSA) is 47.9 Å². The Labute approximate surface area is 191 Å². The Kier molecular flexibility index (Phi) is 11.0. The van der Waals surface area contributed by atoms with Gasteiger partial charge >= 0.3 is 0 Å². The molecule has 0 aromatic heterocycles. The van der Waals surface area contributed by atoms with Crippen molar-refractivity contribution < 1.29 is 19.3 Å². The van der Waals surface area contributed by atoms with Crippen molar-refractivity contribution in [3.05, 3.63) is 108 Å². The molecule has 0 aliphatic carbocycles. The molecule has 4 nitrogen and oxygen atoms in total. The maximum Gasteiger partial charge on any atom is 0.0720 e. The highest BCUT2D eigenvalue weighted by Gasteiger charge is 2.16. The first-order valence-corrected chi connectivity index (χ1v) is 11.4. The van der Waals surface area contributed by atoms with Gasteiger partial charge < -0.3 is 19.3 Å². The van der Waals surface area contributed by atoms with Crippen molar-refractivity contribution in [1.29, 1.82) is 0 Å². The third kappa shape index (κ3) is 9.75. The number of aliphatic hydroxyl groups is 1. The molecule has 0 aliphatic rings. The number of hydrogen-bond acceptors (Lipinski definition) is 4. The minimum Gasteiger partial charge on any atom is -0.393 e. The Balaban J connectivity index is 1.40. The summed E-state index contributed by atoms with van der Waals surface area (Å²) >= 11 is 0. The van der Waals surface area contributed by atoms with Crippen LogP contribution in [0, 0.1) is 0 Å². The van der Waals surface area contributed by atoms with E-state index in [9.17, 15) is 5.11 Å². The molecule has 0 aliphatic heterocycles. The monoisotopic (exact) mass is 434 g/mol. The third-order valence-corrected chi connectivity index (χ3v) is 5.27. The van der Waals surface area contributed by atoms with Crippen LogP contribution in [0.2, 0.25) is 0 Å². The van der Waals surface area contributed by atoms with Gasteiger partial charge in [-0.15, -0.1) is 0 Å². The fraction of sp³-hybridized carbons (Fsp3) is 0.357. The van der Waals surface area contributed by atoms with Crippen LogP contribution in [-0.2, 0) is 34.0 Å². The molecule has 4 heteroatoms. The van der Waals surface area contributed by atoms with Crippen molar-refractivity contribution in [3.8, 4) is 0 Å². The zero-order valence-corrected chi connectivity index (χ0v) is 18.6. The minimum atomic E-state index is -0.472. The van der Waals surface area contributed by atoms with Crippen molar-refractivity contribution in [3.63, 3.8) is 0 Å². The van der Waals surface area contributed by atoms with E-state index in [1.165, 1.54) is 0 Å². The summed E-state index contributed by atoms with van der Waals surface area (Å²) in [4.78, 5) is 0. The second kappa shape index (κ2) is 14.5. The van der Waals surface area contributed by atoms with Crippen LogP contribution in [-0.4, -0.2) is 30.5 Å². The summed E-state index contributed by atoms with van der Waals surface area (Å²) in [6, 6.07) is 30.3. The van der Waals surface area contributed by atoms with E-state index in [2.05, 4.69) is 24.3 Å². The van der Waals surface area contributed by atoms with E-state index in [1.54, 1.807) is 0 Å². The van der Waals surface area contributed by atoms with E-state index in [-0.39, 0.29) is 6.10 Å². The first-order valence-electron chi connectivity index (χ1n) is 11.4. The van der Waals surface area contributed by atoms with E-state index < -0.39 is 6.10 Å². The second-order valence-corrected chi connectivity index (χ2v) is 7.96. The summed E-state index contributed by atoms with van der Waals surface area (Å²) in [7, 11) is 0. The first-order chi connectivity index (χ1) is 15.8. The van der Waals surface area contributed by atoms with Gasteiger partial charge in [-0.05, 0) is 36.0 Å². The van der Waals surface area contributed by atoms with Crippen molar-refractivity contribution in [2.24, 2.45) is 0 Å². The van der Waals surface area contributed by atoms with Gasteiger partial charge in [-0.3, -0.25) is 0 Å². The molecular weight excluding hydrogens is 400 g/mol. The van der Waals surface area contributed by atoms with Crippen LogP contribution in [0.25, 0.3) is 0 Å². The van der Waals surface area contributed by atoms with Crippen molar-refractivity contribution in [2.45, 2.75) is 51.3 Å². The Morgan fingerprint density at radius 3 is 1.50 bits per heavy atom. The summed E-state index contributed by atoms with van der Waals surface area (Å²) in [6.07, 6.45) is 1.34. The maximum atomic E-state index is 10.5. The van der Waals surface area contributed by atoms with E-state index in [0.29, 0.717) is 45.9 Å². The molecule has 3 rings (SSSR count). The summed E-state index contributed by atoms with van der Waals surface area (Å²) in [5.41, 5.74) is 3.43. The lowest BCUT2D eigenvalue weighted by Gasteiger charge is -2.21. The van der Waals surface area contributed by atoms with Crippen LogP contribution < -0.4 is 0 Å². The Morgan fingerprint density at radius 2 is 1.00 bits per heavy atom. The Morgan fingerprint density at radius 1 is 0.562 bits per heavy atom. The van der Waals surface area contributed by atoms with Crippen LogP contribution in [0.5, 0.6) is 0 Å². The molecule has 32 heavy (non-hydrogen) atoms. The quantitative estimate of drug-likeness (QED) is 0.319. The van der Waals surface area contributed by atoms with Crippen LogP contribution in [0.15, 0.2) is 91.0 Å². The summed E-state index contributed by atoms with van der Waals surface area (Å²) < 4.78 is 17.7. The predicted molar refractivity (Wildman–Crippen MR) is 127 cm³/mol. The zero-order valence-electron chi connectivity index (χ0n) is 18.6. The molecule has 3 aromatic carbocycles.